The number of hydrogen-bond acceptors (Lipinski definition) is 4. The summed E-state index contributed by atoms with van der Waals surface area (Å²) in [5, 5.41) is 9.02. The smallest absolute Gasteiger partial charge is 0.323 e. The topological polar surface area (TPSA) is 95.2 Å². The minimum absolute atomic E-state index is 0.137. The third-order valence-electron chi connectivity index (χ3n) is 4.72. The van der Waals surface area contributed by atoms with Crippen LogP contribution >= 0.6 is 0 Å². The van der Waals surface area contributed by atoms with Crippen molar-refractivity contribution in [1.82, 2.24) is 19.2 Å². The van der Waals surface area contributed by atoms with Gasteiger partial charge in [0.1, 0.15) is 17.9 Å². The van der Waals surface area contributed by atoms with E-state index in [1.807, 2.05) is 24.4 Å². The summed E-state index contributed by atoms with van der Waals surface area (Å²) in [6, 6.07) is 5.42. The third kappa shape index (κ3) is 3.84. The zero-order valence-electron chi connectivity index (χ0n) is 14.7. The van der Waals surface area contributed by atoms with Crippen LogP contribution in [-0.4, -0.2) is 67.8 Å². The number of carboxylic acid groups (broad SMARTS) is 1. The molecular formula is C18H22N4O4. The highest BCUT2D eigenvalue weighted by Crippen LogP contribution is 2.19. The maximum absolute atomic E-state index is 12.8. The molecule has 0 aromatic carbocycles. The fraction of sp³-hybridized carbons (Fsp3) is 0.444. The number of rotatable bonds is 4. The van der Waals surface area contributed by atoms with E-state index in [4.69, 9.17) is 5.11 Å². The van der Waals surface area contributed by atoms with Crippen LogP contribution in [0.15, 0.2) is 30.6 Å². The van der Waals surface area contributed by atoms with Gasteiger partial charge < -0.3 is 19.3 Å². The highest BCUT2D eigenvalue weighted by molar-refractivity contribution is 5.93. The van der Waals surface area contributed by atoms with Gasteiger partial charge in [0.15, 0.2) is 0 Å². The molecule has 1 saturated heterocycles. The van der Waals surface area contributed by atoms with E-state index in [1.165, 1.54) is 11.8 Å². The second kappa shape index (κ2) is 7.55. The van der Waals surface area contributed by atoms with Gasteiger partial charge in [-0.15, -0.1) is 0 Å². The molecule has 2 aromatic heterocycles. The van der Waals surface area contributed by atoms with E-state index in [2.05, 4.69) is 4.98 Å². The summed E-state index contributed by atoms with van der Waals surface area (Å²) >= 11 is 0. The molecule has 3 rings (SSSR count). The molecule has 0 radical (unpaired) electrons. The number of likely N-dealkylation sites (tertiary alicyclic amines) is 1. The minimum atomic E-state index is -1.03. The van der Waals surface area contributed by atoms with Gasteiger partial charge in [-0.2, -0.15) is 0 Å². The first-order valence-corrected chi connectivity index (χ1v) is 8.67. The van der Waals surface area contributed by atoms with Crippen molar-refractivity contribution >= 4 is 23.4 Å². The number of carbonyl (C=O) groups excluding carboxylic acids is 2. The molecule has 3 heterocycles. The summed E-state index contributed by atoms with van der Waals surface area (Å²) in [5.41, 5.74) is 1.11. The number of amides is 2. The number of aliphatic carboxylic acids is 1. The van der Waals surface area contributed by atoms with Crippen LogP contribution < -0.4 is 0 Å². The van der Waals surface area contributed by atoms with Gasteiger partial charge in [-0.05, 0) is 31.4 Å². The number of pyridine rings is 1. The number of imidazole rings is 1. The van der Waals surface area contributed by atoms with Crippen LogP contribution in [0.25, 0.3) is 5.65 Å². The van der Waals surface area contributed by atoms with E-state index < -0.39 is 5.97 Å². The number of fused-ring (bicyclic) bond motifs is 1. The Morgan fingerprint density at radius 2 is 2.08 bits per heavy atom. The Kier molecular flexibility index (Phi) is 5.20. The summed E-state index contributed by atoms with van der Waals surface area (Å²) in [4.78, 5) is 43.1. The normalized spacial score (nSPS) is 17.7. The van der Waals surface area contributed by atoms with Crippen molar-refractivity contribution in [3.63, 3.8) is 0 Å². The van der Waals surface area contributed by atoms with Crippen LogP contribution in [0, 0.1) is 0 Å². The standard InChI is InChI=1S/C18H22N4O4/c1-13(23)22(12-17(24)25)14-5-4-9-20(10-7-14)18(26)15-11-21-8-3-2-6-16(21)19-15/h2-3,6,8,11,14H,4-5,7,9-10,12H2,1H3,(H,24,25)/t14-/m1/s1. The molecule has 1 aliphatic heterocycles. The highest BCUT2D eigenvalue weighted by atomic mass is 16.4. The Labute approximate surface area is 151 Å². The van der Waals surface area contributed by atoms with E-state index in [-0.39, 0.29) is 24.4 Å². The lowest BCUT2D eigenvalue weighted by Crippen LogP contribution is -2.43. The molecule has 2 amide bonds. The Morgan fingerprint density at radius 1 is 1.27 bits per heavy atom. The Bertz CT molecular complexity index is 798. The number of nitrogens with zero attached hydrogens (tertiary/aromatic N) is 4. The fourth-order valence-corrected chi connectivity index (χ4v) is 3.44. The lowest BCUT2D eigenvalue weighted by Gasteiger charge is -2.28. The molecule has 0 saturated carbocycles. The van der Waals surface area contributed by atoms with Crippen LogP contribution in [-0.2, 0) is 9.59 Å². The first-order chi connectivity index (χ1) is 12.5. The molecule has 26 heavy (non-hydrogen) atoms. The van der Waals surface area contributed by atoms with E-state index in [1.54, 1.807) is 15.5 Å². The Morgan fingerprint density at radius 3 is 2.77 bits per heavy atom. The zero-order valence-corrected chi connectivity index (χ0v) is 14.7. The monoisotopic (exact) mass is 358 g/mol. The van der Waals surface area contributed by atoms with Gasteiger partial charge in [-0.25, -0.2) is 4.98 Å². The molecule has 8 nitrogen and oxygen atoms in total. The van der Waals surface area contributed by atoms with Gasteiger partial charge in [-0.1, -0.05) is 6.07 Å². The number of aromatic nitrogens is 2. The van der Waals surface area contributed by atoms with Gasteiger partial charge in [0.2, 0.25) is 5.91 Å². The van der Waals surface area contributed by atoms with Crippen molar-refractivity contribution < 1.29 is 19.5 Å². The molecule has 1 fully saturated rings. The van der Waals surface area contributed by atoms with E-state index in [0.29, 0.717) is 43.7 Å². The van der Waals surface area contributed by atoms with Crippen molar-refractivity contribution in [3.05, 3.63) is 36.3 Å². The predicted octanol–water partition coefficient (Wildman–Crippen LogP) is 1.26. The lowest BCUT2D eigenvalue weighted by molar-refractivity contribution is -0.145. The summed E-state index contributed by atoms with van der Waals surface area (Å²) in [6.45, 7) is 2.12. The number of carbonyl (C=O) groups is 3. The van der Waals surface area contributed by atoms with E-state index in [0.717, 1.165) is 0 Å². The minimum Gasteiger partial charge on any atom is -0.480 e. The van der Waals surface area contributed by atoms with Crippen LogP contribution in [0.2, 0.25) is 0 Å². The molecule has 2 aromatic rings. The van der Waals surface area contributed by atoms with Crippen molar-refractivity contribution in [2.75, 3.05) is 19.6 Å². The lowest BCUT2D eigenvalue weighted by atomic mass is 10.1. The van der Waals surface area contributed by atoms with E-state index >= 15 is 0 Å². The fourth-order valence-electron chi connectivity index (χ4n) is 3.44. The maximum Gasteiger partial charge on any atom is 0.323 e. The van der Waals surface area contributed by atoms with Crippen LogP contribution in [0.3, 0.4) is 0 Å². The summed E-state index contributed by atoms with van der Waals surface area (Å²) in [5.74, 6) is -1.42. The van der Waals surface area contributed by atoms with Crippen LogP contribution in [0.5, 0.6) is 0 Å². The van der Waals surface area contributed by atoms with Crippen LogP contribution in [0.1, 0.15) is 36.7 Å². The van der Waals surface area contributed by atoms with Crippen molar-refractivity contribution in [2.45, 2.75) is 32.2 Å². The second-order valence-corrected chi connectivity index (χ2v) is 6.51. The molecule has 0 bridgehead atoms. The van der Waals surface area contributed by atoms with Crippen LogP contribution in [0.4, 0.5) is 0 Å². The number of hydrogen-bond donors (Lipinski definition) is 1. The van der Waals surface area contributed by atoms with Crippen molar-refractivity contribution in [1.29, 1.82) is 0 Å². The molecule has 0 unspecified atom stereocenters. The molecule has 138 valence electrons. The first kappa shape index (κ1) is 17.9. The second-order valence-electron chi connectivity index (χ2n) is 6.51. The van der Waals surface area contributed by atoms with Gasteiger partial charge in [0.25, 0.3) is 5.91 Å². The highest BCUT2D eigenvalue weighted by Gasteiger charge is 2.28. The summed E-state index contributed by atoms with van der Waals surface area (Å²) in [7, 11) is 0. The molecular weight excluding hydrogens is 336 g/mol. The summed E-state index contributed by atoms with van der Waals surface area (Å²) < 4.78 is 1.80. The first-order valence-electron chi connectivity index (χ1n) is 8.67. The Hall–Kier alpha value is -2.90. The van der Waals surface area contributed by atoms with Gasteiger partial charge in [0.05, 0.1) is 0 Å². The average Bonchev–Trinajstić information content (AvgIpc) is 2.89. The average molecular weight is 358 g/mol. The molecule has 0 spiro atoms. The molecule has 1 N–H and O–H groups in total. The zero-order chi connectivity index (χ0) is 18.7. The van der Waals surface area contributed by atoms with Gasteiger partial charge in [0, 0.05) is 38.4 Å². The largest absolute Gasteiger partial charge is 0.480 e. The molecule has 8 heteroatoms. The molecule has 1 atom stereocenters. The van der Waals surface area contributed by atoms with Crippen molar-refractivity contribution in [3.8, 4) is 0 Å². The maximum atomic E-state index is 12.8. The quantitative estimate of drug-likeness (QED) is 0.888. The van der Waals surface area contributed by atoms with Gasteiger partial charge in [-0.3, -0.25) is 14.4 Å². The Balaban J connectivity index is 1.70. The molecule has 1 aliphatic rings. The van der Waals surface area contributed by atoms with E-state index in [9.17, 15) is 14.4 Å². The van der Waals surface area contributed by atoms with Crippen molar-refractivity contribution in [2.24, 2.45) is 0 Å². The predicted molar refractivity (Wildman–Crippen MR) is 93.8 cm³/mol. The summed E-state index contributed by atoms with van der Waals surface area (Å²) in [6.07, 6.45) is 5.52. The van der Waals surface area contributed by atoms with Gasteiger partial charge >= 0.3 is 5.97 Å². The number of carboxylic acids is 1. The SMILES string of the molecule is CC(=O)N(CC(=O)O)[C@@H]1CCCN(C(=O)c2cn3ccccc3n2)CC1. The third-order valence-corrected chi connectivity index (χ3v) is 4.72. The molecule has 0 aliphatic carbocycles.